The van der Waals surface area contributed by atoms with Crippen LogP contribution >= 0.6 is 11.3 Å². The maximum Gasteiger partial charge on any atom is 0.404 e. The van der Waals surface area contributed by atoms with E-state index in [1.165, 1.54) is 11.3 Å². The number of thiazole rings is 1. The van der Waals surface area contributed by atoms with Crippen LogP contribution in [-0.2, 0) is 24.6 Å². The van der Waals surface area contributed by atoms with Crippen LogP contribution in [0, 0.1) is 0 Å². The second kappa shape index (κ2) is 14.3. The van der Waals surface area contributed by atoms with E-state index >= 15 is 0 Å². The van der Waals surface area contributed by atoms with Gasteiger partial charge in [0.05, 0.1) is 30.1 Å². The minimum atomic E-state index is -1.24. The van der Waals surface area contributed by atoms with Crippen molar-refractivity contribution >= 4 is 48.0 Å². The normalized spacial score (nSPS) is 11.6. The van der Waals surface area contributed by atoms with E-state index in [2.05, 4.69) is 57.6 Å². The van der Waals surface area contributed by atoms with Gasteiger partial charge in [-0.25, -0.2) is 14.5 Å². The van der Waals surface area contributed by atoms with E-state index in [9.17, 15) is 9.59 Å². The Morgan fingerprint density at radius 2 is 1.77 bits per heavy atom. The summed E-state index contributed by atoms with van der Waals surface area (Å²) in [5.74, 6) is -0.351. The smallest absolute Gasteiger partial charge is 0.404 e. The molecule has 11 nitrogen and oxygen atoms in total. The summed E-state index contributed by atoms with van der Waals surface area (Å²) in [7, 11) is -1.24. The molecule has 0 saturated heterocycles. The molecule has 0 fully saturated rings. The first-order valence-electron chi connectivity index (χ1n) is 15.6. The third-order valence-corrected chi connectivity index (χ3v) is 10.3. The fourth-order valence-electron chi connectivity index (χ4n) is 5.15. The average molecular weight is 680 g/mol. The Labute approximate surface area is 283 Å². The predicted molar refractivity (Wildman–Crippen MR) is 191 cm³/mol. The van der Waals surface area contributed by atoms with E-state index in [0.29, 0.717) is 36.3 Å². The molecule has 0 aliphatic carbocycles. The van der Waals surface area contributed by atoms with E-state index < -0.39 is 14.2 Å². The summed E-state index contributed by atoms with van der Waals surface area (Å²) in [5, 5.41) is 27.0. The molecule has 13 heteroatoms. The van der Waals surface area contributed by atoms with Crippen molar-refractivity contribution in [1.29, 1.82) is 0 Å². The van der Waals surface area contributed by atoms with Gasteiger partial charge >= 0.3 is 6.09 Å². The number of nitrogens with one attached hydrogen (secondary N) is 2. The van der Waals surface area contributed by atoms with Gasteiger partial charge in [-0.05, 0) is 40.9 Å². The number of nitrogens with zero attached hydrogens (tertiary/aromatic N) is 5. The summed E-state index contributed by atoms with van der Waals surface area (Å²) in [6.07, 6.45) is 4.38. The van der Waals surface area contributed by atoms with Gasteiger partial charge in [0.25, 0.3) is 5.91 Å². The van der Waals surface area contributed by atoms with Crippen molar-refractivity contribution < 1.29 is 19.4 Å². The monoisotopic (exact) mass is 679 g/mol. The van der Waals surface area contributed by atoms with E-state index in [-0.39, 0.29) is 12.5 Å². The number of fused-ring (bicyclic) bond motifs is 1. The van der Waals surface area contributed by atoms with Gasteiger partial charge in [-0.15, -0.1) is 11.3 Å². The first kappa shape index (κ1) is 32.8. The van der Waals surface area contributed by atoms with Crippen LogP contribution in [0.5, 0.6) is 0 Å². The quantitative estimate of drug-likeness (QED) is 0.0855. The lowest BCUT2D eigenvalue weighted by Crippen LogP contribution is -2.22. The van der Waals surface area contributed by atoms with Crippen molar-refractivity contribution in [3.63, 3.8) is 0 Å². The summed E-state index contributed by atoms with van der Waals surface area (Å²) in [6, 6.07) is 22.6. The topological polar surface area (TPSA) is 136 Å². The van der Waals surface area contributed by atoms with Crippen LogP contribution in [0.2, 0.25) is 25.7 Å². The molecule has 6 rings (SSSR count). The van der Waals surface area contributed by atoms with Crippen LogP contribution < -0.4 is 10.6 Å². The van der Waals surface area contributed by atoms with Gasteiger partial charge in [0.1, 0.15) is 17.4 Å². The molecule has 246 valence electrons. The van der Waals surface area contributed by atoms with Crippen LogP contribution in [0.3, 0.4) is 0 Å². The van der Waals surface area contributed by atoms with E-state index in [0.717, 1.165) is 44.8 Å². The second-order valence-electron chi connectivity index (χ2n) is 12.7. The van der Waals surface area contributed by atoms with Gasteiger partial charge in [-0.3, -0.25) is 9.48 Å². The van der Waals surface area contributed by atoms with Gasteiger partial charge in [0.15, 0.2) is 0 Å². The number of ether oxygens (including phenoxy) is 1. The lowest BCUT2D eigenvalue weighted by molar-refractivity contribution is 0.0817. The number of anilines is 1. The van der Waals surface area contributed by atoms with Crippen molar-refractivity contribution in [2.24, 2.45) is 0 Å². The molecule has 0 aliphatic rings. The molecule has 0 unspecified atom stereocenters. The van der Waals surface area contributed by atoms with Crippen molar-refractivity contribution in [2.45, 2.75) is 45.5 Å². The minimum Gasteiger partial charge on any atom is -0.465 e. The van der Waals surface area contributed by atoms with Crippen LogP contribution in [0.15, 0.2) is 90.7 Å². The fraction of sp³-hybridized carbons (Fsp3) is 0.229. The molecule has 0 spiro atoms. The van der Waals surface area contributed by atoms with Gasteiger partial charge in [-0.2, -0.15) is 10.2 Å². The van der Waals surface area contributed by atoms with E-state index in [4.69, 9.17) is 9.84 Å². The zero-order valence-corrected chi connectivity index (χ0v) is 28.8. The highest BCUT2D eigenvalue weighted by molar-refractivity contribution is 7.13. The van der Waals surface area contributed by atoms with Gasteiger partial charge in [-0.1, -0.05) is 68.2 Å². The zero-order chi connectivity index (χ0) is 33.7. The van der Waals surface area contributed by atoms with Crippen molar-refractivity contribution in [3.8, 4) is 21.7 Å². The predicted octanol–water partition coefficient (Wildman–Crippen LogP) is 7.40. The van der Waals surface area contributed by atoms with E-state index in [1.54, 1.807) is 22.5 Å². The lowest BCUT2D eigenvalue weighted by atomic mass is 9.99. The Kier molecular flexibility index (Phi) is 9.80. The number of amides is 2. The summed E-state index contributed by atoms with van der Waals surface area (Å²) in [6.45, 7) is 8.69. The minimum absolute atomic E-state index is 0.156. The van der Waals surface area contributed by atoms with Crippen LogP contribution in [0.4, 0.5) is 10.5 Å². The number of hydrogen-bond donors (Lipinski definition) is 3. The van der Waals surface area contributed by atoms with Gasteiger partial charge < -0.3 is 20.5 Å². The highest BCUT2D eigenvalue weighted by Crippen LogP contribution is 2.34. The molecule has 3 N–H and O–H groups in total. The van der Waals surface area contributed by atoms with Crippen LogP contribution in [0.25, 0.3) is 32.6 Å². The van der Waals surface area contributed by atoms with Crippen molar-refractivity contribution in [1.82, 2.24) is 29.9 Å². The number of aromatic nitrogens is 5. The molecule has 6 aromatic rings. The summed E-state index contributed by atoms with van der Waals surface area (Å²) in [4.78, 5) is 29.5. The highest BCUT2D eigenvalue weighted by atomic mass is 32.1. The molecule has 0 aliphatic heterocycles. The van der Waals surface area contributed by atoms with E-state index in [1.807, 2.05) is 65.5 Å². The molecule has 2 amide bonds. The summed E-state index contributed by atoms with van der Waals surface area (Å²) in [5.41, 5.74) is 6.03. The Balaban J connectivity index is 1.27. The van der Waals surface area contributed by atoms with Crippen LogP contribution in [0.1, 0.15) is 21.6 Å². The molecule has 3 heterocycles. The largest absolute Gasteiger partial charge is 0.465 e. The van der Waals surface area contributed by atoms with Crippen LogP contribution in [-0.4, -0.2) is 56.3 Å². The number of carbonyl (C=O) groups is 2. The maximum atomic E-state index is 13.7. The molecule has 3 aromatic carbocycles. The Morgan fingerprint density at radius 1 is 0.958 bits per heavy atom. The SMILES string of the molecule is C[Si](C)(C)CCOCn1ncc2cc(-c3cccc(CNC(=O)O)c3)c(NC(=O)c3csc(-c4cnn(Cc5ccccc5)c4)n3)cc21. The average Bonchev–Trinajstić information content (AvgIpc) is 3.82. The van der Waals surface area contributed by atoms with Gasteiger partial charge in [0, 0.05) is 49.3 Å². The van der Waals surface area contributed by atoms with Gasteiger partial charge in [0.2, 0.25) is 0 Å². The third-order valence-electron chi connectivity index (χ3n) is 7.73. The molecule has 0 bridgehead atoms. The number of hydrogen-bond acceptors (Lipinski definition) is 7. The van der Waals surface area contributed by atoms with Crippen molar-refractivity contribution in [2.75, 3.05) is 11.9 Å². The summed E-state index contributed by atoms with van der Waals surface area (Å²) < 4.78 is 9.63. The Bertz CT molecular complexity index is 2050. The molecular formula is C35H37N7O4SSi. The molecular weight excluding hydrogens is 643 g/mol. The number of rotatable bonds is 13. The lowest BCUT2D eigenvalue weighted by Gasteiger charge is -2.16. The highest BCUT2D eigenvalue weighted by Gasteiger charge is 2.18. The first-order valence-corrected chi connectivity index (χ1v) is 20.2. The molecule has 0 saturated carbocycles. The molecule has 0 atom stereocenters. The first-order chi connectivity index (χ1) is 23.1. The molecule has 0 radical (unpaired) electrons. The standard InChI is InChI=1S/C35H37N7O4SSi/c1-48(2,3)13-12-46-23-42-32-16-30(29(15-27(32)18-38-42)26-11-7-10-25(14-26)17-36-35(44)45)39-33(43)31-22-47-34(40-31)28-19-37-41(21-28)20-24-8-5-4-6-9-24/h4-11,14-16,18-19,21-22,36H,12-13,17,20,23H2,1-3H3,(H,39,43)(H,44,45). The Hall–Kier alpha value is -5.11. The number of carboxylic acid groups (broad SMARTS) is 1. The number of carbonyl (C=O) groups excluding carboxylic acids is 1. The molecule has 48 heavy (non-hydrogen) atoms. The zero-order valence-electron chi connectivity index (χ0n) is 27.0. The van der Waals surface area contributed by atoms with Crippen molar-refractivity contribution in [3.05, 3.63) is 108 Å². The fourth-order valence-corrected chi connectivity index (χ4v) is 6.69. The third kappa shape index (κ3) is 8.23. The summed E-state index contributed by atoms with van der Waals surface area (Å²) >= 11 is 1.38. The second-order valence-corrected chi connectivity index (χ2v) is 19.2. The Morgan fingerprint density at radius 3 is 2.56 bits per heavy atom. The maximum absolute atomic E-state index is 13.7. The molecule has 3 aromatic heterocycles. The number of benzene rings is 3.